The van der Waals surface area contributed by atoms with Gasteiger partial charge in [0, 0.05) is 6.42 Å². The Balaban J connectivity index is 1.89. The lowest BCUT2D eigenvalue weighted by Gasteiger charge is -2.46. The van der Waals surface area contributed by atoms with Crippen molar-refractivity contribution in [1.82, 2.24) is 0 Å². The molecule has 0 amide bonds. The van der Waals surface area contributed by atoms with Crippen molar-refractivity contribution in [2.45, 2.75) is 36.9 Å². The van der Waals surface area contributed by atoms with Gasteiger partial charge in [-0.3, -0.25) is 0 Å². The summed E-state index contributed by atoms with van der Waals surface area (Å²) in [5.41, 5.74) is -0.428. The lowest BCUT2D eigenvalue weighted by Crippen LogP contribution is -2.63. The number of carbonyl (C=O) groups is 1. The van der Waals surface area contributed by atoms with Crippen LogP contribution in [0.1, 0.15) is 12.0 Å². The normalized spacial score (nSPS) is 31.6. The molecule has 0 fully saturated rings. The second-order valence-electron chi connectivity index (χ2n) is 5.78. The third-order valence-electron chi connectivity index (χ3n) is 4.28. The van der Waals surface area contributed by atoms with Crippen LogP contribution in [-0.4, -0.2) is 52.9 Å². The topological polar surface area (TPSA) is 97.6 Å². The Hall–Kier alpha value is -2.22. The Bertz CT molecular complexity index is 658. The number of hydrogen-bond donors (Lipinski definition) is 2. The molecule has 0 bridgehead atoms. The number of aliphatic hydroxyl groups excluding tert-OH is 2. The maximum absolute atomic E-state index is 11.8. The van der Waals surface area contributed by atoms with Crippen LogP contribution in [-0.2, 0) is 25.7 Å². The molecule has 1 aliphatic heterocycles. The van der Waals surface area contributed by atoms with Crippen LogP contribution in [0.3, 0.4) is 0 Å². The Morgan fingerprint density at radius 3 is 2.79 bits per heavy atom. The molecule has 0 unspecified atom stereocenters. The Morgan fingerprint density at radius 2 is 2.08 bits per heavy atom. The lowest BCUT2D eigenvalue weighted by molar-refractivity contribution is -0.215. The Morgan fingerprint density at radius 1 is 1.33 bits per heavy atom. The molecule has 1 aromatic carbocycles. The number of nitrogens with zero attached hydrogens (tertiary/aromatic N) is 1. The Kier molecular flexibility index (Phi) is 4.66. The number of methoxy groups -OCH3 is 1. The molecule has 7 heteroatoms. The zero-order valence-corrected chi connectivity index (χ0v) is 13.2. The van der Waals surface area contributed by atoms with Crippen LogP contribution < -0.4 is 0 Å². The first kappa shape index (κ1) is 16.6. The molecular formula is C17H19NO6. The van der Waals surface area contributed by atoms with Crippen LogP contribution in [0, 0.1) is 0 Å². The minimum Gasteiger partial charge on any atom is -0.464 e. The van der Waals surface area contributed by atoms with Crippen LogP contribution in [0.2, 0.25) is 0 Å². The summed E-state index contributed by atoms with van der Waals surface area (Å²) >= 11 is 0. The van der Waals surface area contributed by atoms with Gasteiger partial charge in [-0.1, -0.05) is 41.6 Å². The summed E-state index contributed by atoms with van der Waals surface area (Å²) in [6.07, 6.45) is -0.130. The van der Waals surface area contributed by atoms with E-state index in [1.165, 1.54) is 13.2 Å². The van der Waals surface area contributed by atoms with Crippen LogP contribution in [0.25, 0.3) is 0 Å². The summed E-state index contributed by atoms with van der Waals surface area (Å²) < 4.78 is 10.7. The van der Waals surface area contributed by atoms with Crippen molar-refractivity contribution in [3.63, 3.8) is 0 Å². The molecule has 2 aliphatic rings. The first-order valence-corrected chi connectivity index (χ1v) is 7.60. The van der Waals surface area contributed by atoms with E-state index in [0.29, 0.717) is 0 Å². The third-order valence-corrected chi connectivity index (χ3v) is 4.28. The van der Waals surface area contributed by atoms with E-state index in [1.54, 1.807) is 6.08 Å². The largest absolute Gasteiger partial charge is 0.464 e. The standard InChI is InChI=1S/C17H19NO6/c1-22-16(21)12-9-17(23-10-11-5-3-2-4-6-11)14(24-18-12)8-7-13(19)15(17)20/h2-8,13-15,19-20H,9-10H2,1H3/t13-,14+,15+,17-/m1/s1. The molecule has 7 nitrogen and oxygen atoms in total. The summed E-state index contributed by atoms with van der Waals surface area (Å²) in [5, 5.41) is 24.4. The van der Waals surface area contributed by atoms with Crippen molar-refractivity contribution in [3.05, 3.63) is 48.0 Å². The van der Waals surface area contributed by atoms with Crippen LogP contribution >= 0.6 is 0 Å². The highest BCUT2D eigenvalue weighted by Crippen LogP contribution is 2.38. The number of aliphatic hydroxyl groups is 2. The van der Waals surface area contributed by atoms with Crippen molar-refractivity contribution in [3.8, 4) is 0 Å². The van der Waals surface area contributed by atoms with E-state index in [9.17, 15) is 15.0 Å². The zero-order valence-electron chi connectivity index (χ0n) is 13.2. The molecule has 0 aromatic heterocycles. The van der Waals surface area contributed by atoms with Gasteiger partial charge in [0.25, 0.3) is 0 Å². The highest BCUT2D eigenvalue weighted by atomic mass is 16.7. The predicted molar refractivity (Wildman–Crippen MR) is 84.1 cm³/mol. The van der Waals surface area contributed by atoms with Gasteiger partial charge in [0.2, 0.25) is 0 Å². The molecular weight excluding hydrogens is 314 g/mol. The van der Waals surface area contributed by atoms with E-state index in [2.05, 4.69) is 9.89 Å². The van der Waals surface area contributed by atoms with Crippen molar-refractivity contribution in [2.24, 2.45) is 5.16 Å². The fourth-order valence-electron chi connectivity index (χ4n) is 2.92. The first-order chi connectivity index (χ1) is 11.6. The third kappa shape index (κ3) is 2.93. The van der Waals surface area contributed by atoms with E-state index in [4.69, 9.17) is 9.57 Å². The average molecular weight is 333 g/mol. The number of hydrogen-bond acceptors (Lipinski definition) is 7. The van der Waals surface area contributed by atoms with Crippen molar-refractivity contribution < 1.29 is 29.3 Å². The first-order valence-electron chi connectivity index (χ1n) is 7.60. The molecule has 24 heavy (non-hydrogen) atoms. The van der Waals surface area contributed by atoms with Gasteiger partial charge in [0.05, 0.1) is 13.7 Å². The summed E-state index contributed by atoms with van der Waals surface area (Å²) in [6.45, 7) is 0.187. The molecule has 2 N–H and O–H groups in total. The fourth-order valence-corrected chi connectivity index (χ4v) is 2.92. The monoisotopic (exact) mass is 333 g/mol. The maximum atomic E-state index is 11.8. The van der Waals surface area contributed by atoms with Gasteiger partial charge in [-0.2, -0.15) is 0 Å². The second-order valence-corrected chi connectivity index (χ2v) is 5.78. The molecule has 4 atom stereocenters. The molecule has 1 aromatic rings. The Labute approximate surface area is 139 Å². The van der Waals surface area contributed by atoms with Gasteiger partial charge in [-0.15, -0.1) is 0 Å². The SMILES string of the molecule is COC(=O)C1=NO[C@H]2C=C[C@@H](O)[C@H](O)[C@@]2(OCc2ccccc2)C1. The van der Waals surface area contributed by atoms with Gasteiger partial charge in [-0.25, -0.2) is 4.79 Å². The molecule has 0 saturated carbocycles. The van der Waals surface area contributed by atoms with Gasteiger partial charge in [0.1, 0.15) is 17.8 Å². The summed E-state index contributed by atoms with van der Waals surface area (Å²) in [7, 11) is 1.24. The lowest BCUT2D eigenvalue weighted by atomic mass is 9.77. The number of fused-ring (bicyclic) bond motifs is 1. The highest BCUT2D eigenvalue weighted by molar-refractivity contribution is 6.36. The van der Waals surface area contributed by atoms with E-state index < -0.39 is 29.9 Å². The number of rotatable bonds is 4. The number of oxime groups is 1. The summed E-state index contributed by atoms with van der Waals surface area (Å²) in [6, 6.07) is 9.40. The molecule has 3 rings (SSSR count). The quantitative estimate of drug-likeness (QED) is 0.617. The predicted octanol–water partition coefficient (Wildman–Crippen LogP) is 0.551. The molecule has 128 valence electrons. The van der Waals surface area contributed by atoms with Crippen molar-refractivity contribution >= 4 is 11.7 Å². The van der Waals surface area contributed by atoms with Gasteiger partial charge in [-0.05, 0) is 11.6 Å². The number of esters is 1. The van der Waals surface area contributed by atoms with Gasteiger partial charge in [0.15, 0.2) is 11.8 Å². The second kappa shape index (κ2) is 6.72. The number of benzene rings is 1. The summed E-state index contributed by atoms with van der Waals surface area (Å²) in [5.74, 6) is -0.660. The van der Waals surface area contributed by atoms with E-state index in [-0.39, 0.29) is 18.7 Å². The van der Waals surface area contributed by atoms with Crippen LogP contribution in [0.5, 0.6) is 0 Å². The van der Waals surface area contributed by atoms with E-state index in [0.717, 1.165) is 5.56 Å². The smallest absolute Gasteiger partial charge is 0.355 e. The van der Waals surface area contributed by atoms with Crippen molar-refractivity contribution in [1.29, 1.82) is 0 Å². The van der Waals surface area contributed by atoms with Crippen LogP contribution in [0.15, 0.2) is 47.6 Å². The minimum absolute atomic E-state index is 0.00311. The molecule has 0 radical (unpaired) electrons. The molecule has 0 spiro atoms. The van der Waals surface area contributed by atoms with Crippen LogP contribution in [0.4, 0.5) is 0 Å². The summed E-state index contributed by atoms with van der Waals surface area (Å²) in [4.78, 5) is 17.1. The average Bonchev–Trinajstić information content (AvgIpc) is 2.63. The van der Waals surface area contributed by atoms with Gasteiger partial charge < -0.3 is 24.5 Å². The number of ether oxygens (including phenoxy) is 2. The zero-order chi connectivity index (χ0) is 17.2. The van der Waals surface area contributed by atoms with Crippen molar-refractivity contribution in [2.75, 3.05) is 7.11 Å². The molecule has 0 saturated heterocycles. The maximum Gasteiger partial charge on any atom is 0.355 e. The number of carbonyl (C=O) groups excluding carboxylic acids is 1. The minimum atomic E-state index is -1.32. The molecule has 1 heterocycles. The highest BCUT2D eigenvalue weighted by Gasteiger charge is 2.55. The van der Waals surface area contributed by atoms with E-state index >= 15 is 0 Å². The fraction of sp³-hybridized carbons (Fsp3) is 0.412. The molecule has 1 aliphatic carbocycles. The van der Waals surface area contributed by atoms with E-state index in [1.807, 2.05) is 30.3 Å². The van der Waals surface area contributed by atoms with Gasteiger partial charge >= 0.3 is 5.97 Å².